The lowest BCUT2D eigenvalue weighted by molar-refractivity contribution is 0.0167. The van der Waals surface area contributed by atoms with Crippen LogP contribution in [-0.4, -0.2) is 54.1 Å². The standard InChI is InChI=1S/C27H29N7O2S/c1-18-7-8-24(29-12-18)37-23-10-19(15-34-25(23)20(11-28)13-31-34)21-14-30-33(16-21)22-6-5-9-32(17-22)26(35)36-27(2,3)4/h7-8,10,12-16,22H,5-6,9,17H2,1-4H3/t22-/m0/s1. The van der Waals surface area contributed by atoms with Crippen molar-refractivity contribution < 1.29 is 9.53 Å². The van der Waals surface area contributed by atoms with Gasteiger partial charge in [0.1, 0.15) is 16.7 Å². The highest BCUT2D eigenvalue weighted by Crippen LogP contribution is 2.35. The Morgan fingerprint density at radius 2 is 2.00 bits per heavy atom. The fourth-order valence-electron chi connectivity index (χ4n) is 4.38. The lowest BCUT2D eigenvalue weighted by atomic mass is 10.1. The second-order valence-corrected chi connectivity index (χ2v) is 11.3. The van der Waals surface area contributed by atoms with Gasteiger partial charge in [-0.3, -0.25) is 4.68 Å². The summed E-state index contributed by atoms with van der Waals surface area (Å²) in [5, 5.41) is 19.5. The molecule has 5 heterocycles. The SMILES string of the molecule is Cc1ccc(Sc2cc(-c3cnn([C@H]4CCCN(C(=O)OC(C)(C)C)C4)c3)cn3ncc(C#N)c23)nc1. The van der Waals surface area contributed by atoms with Crippen molar-refractivity contribution in [2.75, 3.05) is 13.1 Å². The maximum Gasteiger partial charge on any atom is 0.410 e. The van der Waals surface area contributed by atoms with Gasteiger partial charge in [0.05, 0.1) is 29.5 Å². The number of likely N-dealkylation sites (tertiary alicyclic amines) is 1. The van der Waals surface area contributed by atoms with Crippen LogP contribution < -0.4 is 0 Å². The average Bonchev–Trinajstić information content (AvgIpc) is 3.52. The summed E-state index contributed by atoms with van der Waals surface area (Å²) in [5.41, 5.74) is 3.70. The third kappa shape index (κ3) is 5.47. The Labute approximate surface area is 220 Å². The fourth-order valence-corrected chi connectivity index (χ4v) is 5.33. The monoisotopic (exact) mass is 515 g/mol. The van der Waals surface area contributed by atoms with Crippen molar-refractivity contribution in [2.45, 2.75) is 62.1 Å². The minimum Gasteiger partial charge on any atom is -0.444 e. The molecule has 0 unspecified atom stereocenters. The van der Waals surface area contributed by atoms with Crippen molar-refractivity contribution >= 4 is 23.4 Å². The first-order chi connectivity index (χ1) is 17.7. The molecule has 0 N–H and O–H groups in total. The zero-order valence-corrected chi connectivity index (χ0v) is 22.2. The molecule has 1 amide bonds. The molecule has 1 atom stereocenters. The number of fused-ring (bicyclic) bond motifs is 1. The van der Waals surface area contributed by atoms with Crippen molar-refractivity contribution in [3.8, 4) is 17.2 Å². The quantitative estimate of drug-likeness (QED) is 0.354. The van der Waals surface area contributed by atoms with E-state index in [2.05, 4.69) is 27.3 Å². The first-order valence-electron chi connectivity index (χ1n) is 12.2. The Bertz CT molecular complexity index is 1480. The molecule has 1 aliphatic rings. The minimum atomic E-state index is -0.525. The number of hydrogen-bond donors (Lipinski definition) is 0. The Morgan fingerprint density at radius 3 is 2.73 bits per heavy atom. The van der Waals surface area contributed by atoms with Crippen molar-refractivity contribution in [1.82, 2.24) is 29.3 Å². The highest BCUT2D eigenvalue weighted by molar-refractivity contribution is 7.99. The third-order valence-corrected chi connectivity index (χ3v) is 7.13. The fraction of sp³-hybridized carbons (Fsp3) is 0.370. The third-order valence-electron chi connectivity index (χ3n) is 6.15. The lowest BCUT2D eigenvalue weighted by Crippen LogP contribution is -2.43. The number of rotatable bonds is 4. The zero-order valence-electron chi connectivity index (χ0n) is 21.4. The number of aryl methyl sites for hydroxylation is 1. The number of ether oxygens (including phenoxy) is 1. The molecular formula is C27H29N7O2S. The molecule has 0 spiro atoms. The maximum absolute atomic E-state index is 12.6. The molecule has 0 aromatic carbocycles. The van der Waals surface area contributed by atoms with Crippen LogP contribution in [0.15, 0.2) is 59.1 Å². The van der Waals surface area contributed by atoms with Gasteiger partial charge in [0, 0.05) is 47.7 Å². The van der Waals surface area contributed by atoms with Crippen molar-refractivity contribution in [3.63, 3.8) is 0 Å². The van der Waals surface area contributed by atoms with Crippen LogP contribution in [0.1, 0.15) is 50.8 Å². The van der Waals surface area contributed by atoms with Gasteiger partial charge in [-0.25, -0.2) is 14.3 Å². The van der Waals surface area contributed by atoms with Gasteiger partial charge in [-0.2, -0.15) is 15.5 Å². The van der Waals surface area contributed by atoms with Crippen LogP contribution in [0.5, 0.6) is 0 Å². The number of carbonyl (C=O) groups excluding carboxylic acids is 1. The highest BCUT2D eigenvalue weighted by Gasteiger charge is 2.29. The molecule has 4 aromatic rings. The van der Waals surface area contributed by atoms with Gasteiger partial charge in [0.25, 0.3) is 0 Å². The van der Waals surface area contributed by atoms with Crippen LogP contribution in [0, 0.1) is 18.3 Å². The molecule has 4 aromatic heterocycles. The highest BCUT2D eigenvalue weighted by atomic mass is 32.2. The van der Waals surface area contributed by atoms with Crippen LogP contribution in [0.25, 0.3) is 16.6 Å². The summed E-state index contributed by atoms with van der Waals surface area (Å²) < 4.78 is 9.26. The number of piperidine rings is 1. The van der Waals surface area contributed by atoms with E-state index in [1.165, 1.54) is 11.8 Å². The number of pyridine rings is 2. The number of hydrogen-bond acceptors (Lipinski definition) is 7. The van der Waals surface area contributed by atoms with Gasteiger partial charge >= 0.3 is 6.09 Å². The van der Waals surface area contributed by atoms with E-state index in [1.54, 1.807) is 15.6 Å². The van der Waals surface area contributed by atoms with Crippen molar-refractivity contribution in [1.29, 1.82) is 5.26 Å². The minimum absolute atomic E-state index is 0.0687. The molecule has 10 heteroatoms. The van der Waals surface area contributed by atoms with Gasteiger partial charge in [-0.15, -0.1) is 0 Å². The Kier molecular flexibility index (Phi) is 6.65. The van der Waals surface area contributed by atoms with E-state index in [1.807, 2.05) is 69.3 Å². The number of nitriles is 1. The van der Waals surface area contributed by atoms with Crippen LogP contribution in [0.4, 0.5) is 4.79 Å². The zero-order chi connectivity index (χ0) is 26.2. The van der Waals surface area contributed by atoms with Gasteiger partial charge in [-0.05, 0) is 58.2 Å². The predicted octanol–water partition coefficient (Wildman–Crippen LogP) is 5.50. The largest absolute Gasteiger partial charge is 0.444 e. The van der Waals surface area contributed by atoms with E-state index in [0.717, 1.165) is 45.0 Å². The molecule has 0 saturated carbocycles. The number of aromatic nitrogens is 5. The molecule has 1 fully saturated rings. The maximum atomic E-state index is 12.6. The van der Waals surface area contributed by atoms with E-state index in [-0.39, 0.29) is 12.1 Å². The summed E-state index contributed by atoms with van der Waals surface area (Å²) >= 11 is 1.50. The summed E-state index contributed by atoms with van der Waals surface area (Å²) in [7, 11) is 0. The number of carbonyl (C=O) groups is 1. The van der Waals surface area contributed by atoms with Crippen molar-refractivity contribution in [2.24, 2.45) is 0 Å². The Hall–Kier alpha value is -3.84. The molecule has 37 heavy (non-hydrogen) atoms. The molecule has 9 nitrogen and oxygen atoms in total. The van der Waals surface area contributed by atoms with E-state index in [0.29, 0.717) is 18.7 Å². The van der Waals surface area contributed by atoms with Gasteiger partial charge < -0.3 is 9.64 Å². The first kappa shape index (κ1) is 24.8. The Morgan fingerprint density at radius 1 is 1.16 bits per heavy atom. The molecule has 1 aliphatic heterocycles. The van der Waals surface area contributed by atoms with Gasteiger partial charge in [0.2, 0.25) is 0 Å². The molecule has 0 aliphatic carbocycles. The summed E-state index contributed by atoms with van der Waals surface area (Å²) in [6, 6.07) is 8.36. The summed E-state index contributed by atoms with van der Waals surface area (Å²) in [6.45, 7) is 8.88. The number of nitrogens with zero attached hydrogens (tertiary/aromatic N) is 7. The molecule has 1 saturated heterocycles. The summed E-state index contributed by atoms with van der Waals surface area (Å²) in [4.78, 5) is 19.8. The molecular weight excluding hydrogens is 486 g/mol. The number of amides is 1. The van der Waals surface area contributed by atoms with Crippen LogP contribution >= 0.6 is 11.8 Å². The van der Waals surface area contributed by atoms with Gasteiger partial charge in [-0.1, -0.05) is 17.8 Å². The van der Waals surface area contributed by atoms with E-state index in [4.69, 9.17) is 4.74 Å². The second-order valence-electron chi connectivity index (χ2n) is 10.3. The van der Waals surface area contributed by atoms with Crippen LogP contribution in [-0.2, 0) is 4.74 Å². The molecule has 0 radical (unpaired) electrons. The van der Waals surface area contributed by atoms with E-state index >= 15 is 0 Å². The van der Waals surface area contributed by atoms with E-state index in [9.17, 15) is 10.1 Å². The smallest absolute Gasteiger partial charge is 0.410 e. The van der Waals surface area contributed by atoms with Crippen LogP contribution in [0.2, 0.25) is 0 Å². The Balaban J connectivity index is 1.43. The van der Waals surface area contributed by atoms with Crippen molar-refractivity contribution in [3.05, 3.63) is 60.3 Å². The van der Waals surface area contributed by atoms with Gasteiger partial charge in [0.15, 0.2) is 0 Å². The van der Waals surface area contributed by atoms with E-state index < -0.39 is 5.60 Å². The normalized spacial score (nSPS) is 16.1. The topological polar surface area (TPSA) is 101 Å². The van der Waals surface area contributed by atoms with Crippen LogP contribution in [0.3, 0.4) is 0 Å². The lowest BCUT2D eigenvalue weighted by Gasteiger charge is -2.34. The predicted molar refractivity (Wildman–Crippen MR) is 140 cm³/mol. The molecule has 0 bridgehead atoms. The molecule has 5 rings (SSSR count). The second kappa shape index (κ2) is 9.90. The summed E-state index contributed by atoms with van der Waals surface area (Å²) in [6.07, 6.45) is 10.7. The average molecular weight is 516 g/mol. The molecule has 190 valence electrons. The summed E-state index contributed by atoms with van der Waals surface area (Å²) in [5.74, 6) is 0. The first-order valence-corrected chi connectivity index (χ1v) is 13.1.